The Kier molecular flexibility index (Phi) is 12.4. The van der Waals surface area contributed by atoms with Gasteiger partial charge in [-0.05, 0) is 44.4 Å². The van der Waals surface area contributed by atoms with Gasteiger partial charge in [0, 0.05) is 38.2 Å². The van der Waals surface area contributed by atoms with Gasteiger partial charge in [0.1, 0.15) is 0 Å². The van der Waals surface area contributed by atoms with Gasteiger partial charge in [-0.15, -0.1) is 24.0 Å². The lowest BCUT2D eigenvalue weighted by molar-refractivity contribution is -0.137. The molecule has 0 saturated carbocycles. The zero-order valence-electron chi connectivity index (χ0n) is 17.7. The summed E-state index contributed by atoms with van der Waals surface area (Å²) in [7, 11) is 0. The van der Waals surface area contributed by atoms with Crippen LogP contribution in [0, 0.1) is 11.8 Å². The number of rotatable bonds is 6. The highest BCUT2D eigenvalue weighted by molar-refractivity contribution is 14.0. The zero-order chi connectivity index (χ0) is 21.8. The Morgan fingerprint density at radius 3 is 2.77 bits per heavy atom. The SMILES string of the molecule is CCNC(=NCCCN1CCCCCC1=O)NCC#Cc1cccc(C(F)(F)F)c1.I. The molecule has 0 spiro atoms. The third-order valence-electron chi connectivity index (χ3n) is 4.64. The molecule has 1 aromatic rings. The van der Waals surface area contributed by atoms with Crippen molar-refractivity contribution < 1.29 is 18.0 Å². The Morgan fingerprint density at radius 1 is 1.23 bits per heavy atom. The number of carbonyl (C=O) groups is 1. The number of nitrogens with zero attached hydrogens (tertiary/aromatic N) is 2. The molecule has 1 fully saturated rings. The summed E-state index contributed by atoms with van der Waals surface area (Å²) in [5.74, 6) is 6.38. The molecular formula is C22H30F3IN4O. The molecule has 0 aliphatic carbocycles. The van der Waals surface area contributed by atoms with Crippen LogP contribution in [-0.4, -0.2) is 49.5 Å². The van der Waals surface area contributed by atoms with Crippen LogP contribution in [0.15, 0.2) is 29.3 Å². The maximum Gasteiger partial charge on any atom is 0.416 e. The molecule has 2 rings (SSSR count). The van der Waals surface area contributed by atoms with E-state index in [1.165, 1.54) is 6.07 Å². The van der Waals surface area contributed by atoms with E-state index in [0.29, 0.717) is 37.6 Å². The predicted octanol–water partition coefficient (Wildman–Crippen LogP) is 4.02. The number of hydrogen-bond acceptors (Lipinski definition) is 2. The molecule has 1 heterocycles. The number of nitrogens with one attached hydrogen (secondary N) is 2. The van der Waals surface area contributed by atoms with Crippen molar-refractivity contribution in [1.82, 2.24) is 15.5 Å². The standard InChI is InChI=1S/C22H29F3N4O.HI/c1-2-26-21(28-14-8-16-29-15-5-3-4-12-20(29)30)27-13-7-10-18-9-6-11-19(17-18)22(23,24)25;/h6,9,11,17H,2-5,8,12-16H2,1H3,(H2,26,27,28);1H. The van der Waals surface area contributed by atoms with Crippen LogP contribution >= 0.6 is 24.0 Å². The van der Waals surface area contributed by atoms with Crippen molar-refractivity contribution in [2.75, 3.05) is 32.7 Å². The van der Waals surface area contributed by atoms with E-state index in [4.69, 9.17) is 0 Å². The predicted molar refractivity (Wildman–Crippen MR) is 127 cm³/mol. The second-order valence-electron chi connectivity index (χ2n) is 7.04. The lowest BCUT2D eigenvalue weighted by Crippen LogP contribution is -2.37. The number of benzene rings is 1. The largest absolute Gasteiger partial charge is 0.416 e. The molecule has 1 amide bonds. The first-order valence-electron chi connectivity index (χ1n) is 10.4. The molecule has 1 aliphatic rings. The van der Waals surface area contributed by atoms with Crippen molar-refractivity contribution in [2.24, 2.45) is 4.99 Å². The Hall–Kier alpha value is -1.96. The minimum atomic E-state index is -4.38. The van der Waals surface area contributed by atoms with Crippen LogP contribution in [0.3, 0.4) is 0 Å². The second kappa shape index (κ2) is 14.2. The van der Waals surface area contributed by atoms with Gasteiger partial charge in [-0.3, -0.25) is 9.79 Å². The molecule has 2 N–H and O–H groups in total. The summed E-state index contributed by atoms with van der Waals surface area (Å²) >= 11 is 0. The third kappa shape index (κ3) is 10.3. The van der Waals surface area contributed by atoms with Crippen molar-refractivity contribution in [1.29, 1.82) is 0 Å². The number of halogens is 4. The van der Waals surface area contributed by atoms with E-state index in [2.05, 4.69) is 27.5 Å². The summed E-state index contributed by atoms with van der Waals surface area (Å²) in [6.07, 6.45) is 0.179. The number of alkyl halides is 3. The quantitative estimate of drug-likeness (QED) is 0.185. The number of amides is 1. The number of hydrogen-bond donors (Lipinski definition) is 2. The van der Waals surface area contributed by atoms with E-state index in [1.54, 1.807) is 6.07 Å². The van der Waals surface area contributed by atoms with Gasteiger partial charge in [0.15, 0.2) is 5.96 Å². The van der Waals surface area contributed by atoms with Gasteiger partial charge in [0.2, 0.25) is 5.91 Å². The van der Waals surface area contributed by atoms with E-state index < -0.39 is 11.7 Å². The monoisotopic (exact) mass is 550 g/mol. The average Bonchev–Trinajstić information content (AvgIpc) is 2.92. The molecule has 9 heteroatoms. The minimum absolute atomic E-state index is 0. The molecule has 0 radical (unpaired) electrons. The summed E-state index contributed by atoms with van der Waals surface area (Å²) in [6.45, 7) is 4.98. The highest BCUT2D eigenvalue weighted by Crippen LogP contribution is 2.29. The fourth-order valence-electron chi connectivity index (χ4n) is 3.12. The van der Waals surface area contributed by atoms with Crippen LogP contribution in [0.4, 0.5) is 13.2 Å². The lowest BCUT2D eigenvalue weighted by Gasteiger charge is -2.19. The molecule has 0 atom stereocenters. The van der Waals surface area contributed by atoms with Gasteiger partial charge in [-0.1, -0.05) is 24.3 Å². The van der Waals surface area contributed by atoms with Gasteiger partial charge >= 0.3 is 6.18 Å². The van der Waals surface area contributed by atoms with Crippen molar-refractivity contribution in [3.63, 3.8) is 0 Å². The second-order valence-corrected chi connectivity index (χ2v) is 7.04. The van der Waals surface area contributed by atoms with E-state index >= 15 is 0 Å². The number of guanidine groups is 1. The van der Waals surface area contributed by atoms with Crippen LogP contribution in [0.1, 0.15) is 50.2 Å². The van der Waals surface area contributed by atoms with E-state index in [0.717, 1.165) is 44.4 Å². The molecule has 1 aliphatic heterocycles. The number of likely N-dealkylation sites (tertiary alicyclic amines) is 1. The molecule has 0 aromatic heterocycles. The van der Waals surface area contributed by atoms with Gasteiger partial charge < -0.3 is 15.5 Å². The molecule has 1 aromatic carbocycles. The van der Waals surface area contributed by atoms with Crippen molar-refractivity contribution in [2.45, 2.75) is 45.2 Å². The fourth-order valence-corrected chi connectivity index (χ4v) is 3.12. The van der Waals surface area contributed by atoms with E-state index in [1.807, 2.05) is 11.8 Å². The van der Waals surface area contributed by atoms with E-state index in [9.17, 15) is 18.0 Å². The van der Waals surface area contributed by atoms with Crippen molar-refractivity contribution in [3.05, 3.63) is 35.4 Å². The first-order valence-corrected chi connectivity index (χ1v) is 10.4. The summed E-state index contributed by atoms with van der Waals surface area (Å²) in [6, 6.07) is 4.96. The number of carbonyl (C=O) groups excluding carboxylic acids is 1. The summed E-state index contributed by atoms with van der Waals surface area (Å²) in [5, 5.41) is 6.16. The maximum atomic E-state index is 12.7. The van der Waals surface area contributed by atoms with Gasteiger partial charge in [0.05, 0.1) is 12.1 Å². The zero-order valence-corrected chi connectivity index (χ0v) is 20.1. The molecule has 0 bridgehead atoms. The molecule has 0 unspecified atom stereocenters. The highest BCUT2D eigenvalue weighted by Gasteiger charge is 2.30. The summed E-state index contributed by atoms with van der Waals surface area (Å²) in [4.78, 5) is 18.4. The van der Waals surface area contributed by atoms with Crippen molar-refractivity contribution >= 4 is 35.8 Å². The smallest absolute Gasteiger partial charge is 0.357 e. The van der Waals surface area contributed by atoms with Gasteiger partial charge in [0.25, 0.3) is 0 Å². The van der Waals surface area contributed by atoms with E-state index in [-0.39, 0.29) is 36.4 Å². The first-order chi connectivity index (χ1) is 14.4. The third-order valence-corrected chi connectivity index (χ3v) is 4.64. The normalized spacial score (nSPS) is 14.8. The van der Waals surface area contributed by atoms with Crippen LogP contribution in [0.5, 0.6) is 0 Å². The maximum absolute atomic E-state index is 12.7. The lowest BCUT2D eigenvalue weighted by atomic mass is 10.1. The molecule has 31 heavy (non-hydrogen) atoms. The molecular weight excluding hydrogens is 520 g/mol. The van der Waals surface area contributed by atoms with Crippen molar-refractivity contribution in [3.8, 4) is 11.8 Å². The molecule has 5 nitrogen and oxygen atoms in total. The Morgan fingerprint density at radius 2 is 2.03 bits per heavy atom. The van der Waals surface area contributed by atoms with Crippen LogP contribution in [0.25, 0.3) is 0 Å². The Bertz CT molecular complexity index is 787. The Labute approximate surface area is 199 Å². The minimum Gasteiger partial charge on any atom is -0.357 e. The first kappa shape index (κ1) is 27.1. The molecule has 172 valence electrons. The van der Waals surface area contributed by atoms with Crippen LogP contribution < -0.4 is 10.6 Å². The van der Waals surface area contributed by atoms with Gasteiger partial charge in [-0.25, -0.2) is 0 Å². The van der Waals surface area contributed by atoms with Crippen LogP contribution in [-0.2, 0) is 11.0 Å². The van der Waals surface area contributed by atoms with Gasteiger partial charge in [-0.2, -0.15) is 13.2 Å². The summed E-state index contributed by atoms with van der Waals surface area (Å²) < 4.78 is 38.2. The highest BCUT2D eigenvalue weighted by atomic mass is 127. The average molecular weight is 550 g/mol. The van der Waals surface area contributed by atoms with Crippen LogP contribution in [0.2, 0.25) is 0 Å². The fraction of sp³-hybridized carbons (Fsp3) is 0.545. The Balaban J connectivity index is 0.00000480. The molecule has 1 saturated heterocycles. The summed E-state index contributed by atoms with van der Waals surface area (Å²) in [5.41, 5.74) is -0.393. The number of aliphatic imine (C=N–C) groups is 1. The topological polar surface area (TPSA) is 56.7 Å².